The summed E-state index contributed by atoms with van der Waals surface area (Å²) >= 11 is 2.71. The molecule has 114 valence electrons. The van der Waals surface area contributed by atoms with Crippen molar-refractivity contribution in [3.8, 4) is 0 Å². The Morgan fingerprint density at radius 2 is 2.24 bits per heavy atom. The smallest absolute Gasteiger partial charge is 0.307 e. The number of aromatic nitrogens is 1. The Labute approximate surface area is 130 Å². The van der Waals surface area contributed by atoms with Crippen LogP contribution >= 0.6 is 22.7 Å². The maximum atomic E-state index is 11.8. The van der Waals surface area contributed by atoms with E-state index >= 15 is 0 Å². The van der Waals surface area contributed by atoms with Gasteiger partial charge in [0.05, 0.1) is 6.10 Å². The number of aryl methyl sites for hydroxylation is 1. The molecular formula is C14H18N2O3S2. The Balaban J connectivity index is 1.81. The molecule has 2 N–H and O–H groups in total. The molecule has 1 amide bonds. The first-order chi connectivity index (χ1) is 9.99. The van der Waals surface area contributed by atoms with Gasteiger partial charge < -0.3 is 15.0 Å². The van der Waals surface area contributed by atoms with Crippen molar-refractivity contribution in [2.24, 2.45) is 0 Å². The molecular weight excluding hydrogens is 308 g/mol. The molecule has 2 heterocycles. The molecule has 0 radical (unpaired) electrons. The van der Waals surface area contributed by atoms with Crippen LogP contribution in [0.2, 0.25) is 0 Å². The van der Waals surface area contributed by atoms with Gasteiger partial charge >= 0.3 is 4.87 Å². The fourth-order valence-electron chi connectivity index (χ4n) is 1.94. The molecule has 0 fully saturated rings. The van der Waals surface area contributed by atoms with Crippen molar-refractivity contribution in [1.29, 1.82) is 0 Å². The highest BCUT2D eigenvalue weighted by atomic mass is 32.1. The van der Waals surface area contributed by atoms with Gasteiger partial charge in [0.1, 0.15) is 0 Å². The number of aliphatic hydroxyl groups is 1. The quantitative estimate of drug-likeness (QED) is 0.851. The molecule has 0 aliphatic carbocycles. The van der Waals surface area contributed by atoms with Crippen LogP contribution in [-0.2, 0) is 11.3 Å². The SMILES string of the molecule is Cc1sc(=O)n(CCC(=O)NC[C@@H](O)c2ccsc2)c1C. The van der Waals surface area contributed by atoms with E-state index in [4.69, 9.17) is 0 Å². The van der Waals surface area contributed by atoms with E-state index in [1.807, 2.05) is 30.7 Å². The van der Waals surface area contributed by atoms with Crippen LogP contribution in [0.3, 0.4) is 0 Å². The molecule has 0 aliphatic heterocycles. The number of thiazole rings is 1. The molecule has 21 heavy (non-hydrogen) atoms. The van der Waals surface area contributed by atoms with Crippen molar-refractivity contribution in [3.63, 3.8) is 0 Å². The molecule has 0 saturated carbocycles. The fraction of sp³-hybridized carbons (Fsp3) is 0.429. The lowest BCUT2D eigenvalue weighted by atomic mass is 10.2. The summed E-state index contributed by atoms with van der Waals surface area (Å²) in [6, 6.07) is 1.83. The Bertz CT molecular complexity index is 658. The van der Waals surface area contributed by atoms with Crippen LogP contribution in [0, 0.1) is 13.8 Å². The molecule has 0 spiro atoms. The summed E-state index contributed by atoms with van der Waals surface area (Å²) < 4.78 is 1.62. The van der Waals surface area contributed by atoms with E-state index in [9.17, 15) is 14.7 Å². The molecule has 2 aromatic rings. The van der Waals surface area contributed by atoms with Gasteiger partial charge in [0.2, 0.25) is 5.91 Å². The van der Waals surface area contributed by atoms with Crippen LogP contribution in [0.4, 0.5) is 0 Å². The van der Waals surface area contributed by atoms with E-state index in [1.54, 1.807) is 4.57 Å². The first-order valence-corrected chi connectivity index (χ1v) is 8.38. The number of nitrogens with one attached hydrogen (secondary N) is 1. The van der Waals surface area contributed by atoms with Crippen LogP contribution in [0.15, 0.2) is 21.6 Å². The largest absolute Gasteiger partial charge is 0.387 e. The van der Waals surface area contributed by atoms with Gasteiger partial charge in [-0.05, 0) is 36.2 Å². The van der Waals surface area contributed by atoms with Crippen LogP contribution in [0.5, 0.6) is 0 Å². The number of carbonyl (C=O) groups excluding carboxylic acids is 1. The molecule has 0 aliphatic rings. The summed E-state index contributed by atoms with van der Waals surface area (Å²) in [4.78, 5) is 24.4. The Kier molecular flexibility index (Phi) is 5.33. The minimum Gasteiger partial charge on any atom is -0.387 e. The highest BCUT2D eigenvalue weighted by molar-refractivity contribution is 7.09. The molecule has 1 atom stereocenters. The van der Waals surface area contributed by atoms with E-state index < -0.39 is 6.10 Å². The molecule has 7 heteroatoms. The molecule has 0 unspecified atom stereocenters. The zero-order valence-electron chi connectivity index (χ0n) is 12.0. The lowest BCUT2D eigenvalue weighted by Crippen LogP contribution is -2.30. The van der Waals surface area contributed by atoms with E-state index in [1.165, 1.54) is 22.7 Å². The summed E-state index contributed by atoms with van der Waals surface area (Å²) in [5.74, 6) is -0.167. The van der Waals surface area contributed by atoms with Gasteiger partial charge in [-0.15, -0.1) is 0 Å². The average Bonchev–Trinajstić information content (AvgIpc) is 3.05. The van der Waals surface area contributed by atoms with Crippen molar-refractivity contribution in [3.05, 3.63) is 42.6 Å². The third kappa shape index (κ3) is 4.03. The highest BCUT2D eigenvalue weighted by Crippen LogP contribution is 2.15. The number of carbonyl (C=O) groups is 1. The van der Waals surface area contributed by atoms with Crippen LogP contribution in [-0.4, -0.2) is 22.1 Å². The van der Waals surface area contributed by atoms with E-state index in [2.05, 4.69) is 5.32 Å². The minimum absolute atomic E-state index is 0.0314. The molecule has 5 nitrogen and oxygen atoms in total. The van der Waals surface area contributed by atoms with E-state index in [0.717, 1.165) is 16.1 Å². The predicted octanol–water partition coefficient (Wildman–Crippen LogP) is 1.83. The maximum absolute atomic E-state index is 11.8. The Morgan fingerprint density at radius 1 is 1.48 bits per heavy atom. The number of thiophene rings is 1. The van der Waals surface area contributed by atoms with Gasteiger partial charge in [0.15, 0.2) is 0 Å². The lowest BCUT2D eigenvalue weighted by Gasteiger charge is -2.11. The summed E-state index contributed by atoms with van der Waals surface area (Å²) in [6.07, 6.45) is -0.458. The number of nitrogens with zero attached hydrogens (tertiary/aromatic N) is 1. The topological polar surface area (TPSA) is 71.3 Å². The molecule has 2 aromatic heterocycles. The van der Waals surface area contributed by atoms with Crippen LogP contribution in [0.25, 0.3) is 0 Å². The van der Waals surface area contributed by atoms with Gasteiger partial charge in [0.25, 0.3) is 0 Å². The molecule has 0 aromatic carbocycles. The Morgan fingerprint density at radius 3 is 2.81 bits per heavy atom. The van der Waals surface area contributed by atoms with Crippen molar-refractivity contribution in [2.75, 3.05) is 6.54 Å². The second-order valence-corrected chi connectivity index (χ2v) is 6.73. The van der Waals surface area contributed by atoms with Gasteiger partial charge in [-0.3, -0.25) is 9.59 Å². The van der Waals surface area contributed by atoms with Crippen molar-refractivity contribution in [2.45, 2.75) is 32.9 Å². The molecule has 2 rings (SSSR count). The zero-order chi connectivity index (χ0) is 15.4. The lowest BCUT2D eigenvalue weighted by molar-refractivity contribution is -0.121. The van der Waals surface area contributed by atoms with E-state index in [0.29, 0.717) is 6.54 Å². The predicted molar refractivity (Wildman–Crippen MR) is 85.0 cm³/mol. The highest BCUT2D eigenvalue weighted by Gasteiger charge is 2.12. The second-order valence-electron chi connectivity index (χ2n) is 4.79. The van der Waals surface area contributed by atoms with Gasteiger partial charge in [-0.1, -0.05) is 11.3 Å². The number of hydrogen-bond donors (Lipinski definition) is 2. The summed E-state index contributed by atoms with van der Waals surface area (Å²) in [6.45, 7) is 4.34. The molecule has 0 bridgehead atoms. The normalized spacial score (nSPS) is 12.3. The van der Waals surface area contributed by atoms with Gasteiger partial charge in [-0.25, -0.2) is 0 Å². The second kappa shape index (κ2) is 7.02. The first-order valence-electron chi connectivity index (χ1n) is 6.62. The number of aliphatic hydroxyl groups excluding tert-OH is 1. The van der Waals surface area contributed by atoms with Gasteiger partial charge in [-0.2, -0.15) is 11.3 Å². The van der Waals surface area contributed by atoms with Crippen molar-refractivity contribution in [1.82, 2.24) is 9.88 Å². The van der Waals surface area contributed by atoms with Crippen LogP contribution < -0.4 is 10.2 Å². The summed E-state index contributed by atoms with van der Waals surface area (Å²) in [5.41, 5.74) is 1.72. The third-order valence-electron chi connectivity index (χ3n) is 3.36. The zero-order valence-corrected chi connectivity index (χ0v) is 13.6. The van der Waals surface area contributed by atoms with Crippen molar-refractivity contribution >= 4 is 28.6 Å². The van der Waals surface area contributed by atoms with Crippen molar-refractivity contribution < 1.29 is 9.90 Å². The summed E-state index contributed by atoms with van der Waals surface area (Å²) in [7, 11) is 0. The monoisotopic (exact) mass is 326 g/mol. The molecule has 0 saturated heterocycles. The Hall–Kier alpha value is -1.44. The van der Waals surface area contributed by atoms with Crippen LogP contribution in [0.1, 0.15) is 28.7 Å². The maximum Gasteiger partial charge on any atom is 0.307 e. The minimum atomic E-state index is -0.687. The number of amides is 1. The summed E-state index contributed by atoms with van der Waals surface area (Å²) in [5, 5.41) is 16.3. The number of rotatable bonds is 6. The number of hydrogen-bond acceptors (Lipinski definition) is 5. The van der Waals surface area contributed by atoms with E-state index in [-0.39, 0.29) is 23.7 Å². The standard InChI is InChI=1S/C14H18N2O3S2/c1-9-10(2)21-14(19)16(9)5-3-13(18)15-7-12(17)11-4-6-20-8-11/h4,6,8,12,17H,3,5,7H2,1-2H3,(H,15,18)/t12-/m1/s1. The first kappa shape index (κ1) is 15.9. The fourth-order valence-corrected chi connectivity index (χ4v) is 3.51. The average molecular weight is 326 g/mol. The van der Waals surface area contributed by atoms with Gasteiger partial charge in [0, 0.05) is 30.1 Å². The third-order valence-corrected chi connectivity index (χ3v) is 5.06.